The van der Waals surface area contributed by atoms with Crippen molar-refractivity contribution in [2.75, 3.05) is 0 Å². The minimum atomic E-state index is -0.853. The molecule has 0 saturated heterocycles. The number of carbonyl (C=O) groups excluding carboxylic acids is 1. The van der Waals surface area contributed by atoms with Crippen molar-refractivity contribution in [2.24, 2.45) is 5.18 Å². The van der Waals surface area contributed by atoms with Gasteiger partial charge in [-0.1, -0.05) is 12.1 Å². The summed E-state index contributed by atoms with van der Waals surface area (Å²) in [6.07, 6.45) is 1.29. The SMILES string of the molecule is O=NC(=O)n1cnc2ccccc21. The van der Waals surface area contributed by atoms with Crippen molar-refractivity contribution in [3.05, 3.63) is 35.5 Å². The molecule has 5 nitrogen and oxygen atoms in total. The van der Waals surface area contributed by atoms with Crippen molar-refractivity contribution in [3.8, 4) is 0 Å². The van der Waals surface area contributed by atoms with Crippen molar-refractivity contribution in [1.29, 1.82) is 0 Å². The van der Waals surface area contributed by atoms with E-state index in [0.717, 1.165) is 4.57 Å². The van der Waals surface area contributed by atoms with Crippen LogP contribution in [0.4, 0.5) is 4.79 Å². The number of amides is 1. The fourth-order valence-electron chi connectivity index (χ4n) is 1.16. The molecule has 0 unspecified atom stereocenters. The summed E-state index contributed by atoms with van der Waals surface area (Å²) in [6, 6.07) is 6.17. The normalized spacial score (nSPS) is 10.2. The number of hydrogen-bond donors (Lipinski definition) is 0. The van der Waals surface area contributed by atoms with Crippen molar-refractivity contribution < 1.29 is 4.79 Å². The van der Waals surface area contributed by atoms with E-state index >= 15 is 0 Å². The van der Waals surface area contributed by atoms with Crippen LogP contribution in [0.2, 0.25) is 0 Å². The molecule has 0 radical (unpaired) electrons. The molecule has 2 aromatic rings. The van der Waals surface area contributed by atoms with Gasteiger partial charge in [-0.05, 0) is 12.1 Å². The van der Waals surface area contributed by atoms with Crippen LogP contribution in [0.5, 0.6) is 0 Å². The molecule has 1 aromatic heterocycles. The van der Waals surface area contributed by atoms with Gasteiger partial charge in [0, 0.05) is 5.18 Å². The number of nitroso groups, excluding NO2 is 1. The number of fused-ring (bicyclic) bond motifs is 1. The molecule has 0 aliphatic carbocycles. The molecule has 0 N–H and O–H groups in total. The Kier molecular flexibility index (Phi) is 1.63. The largest absolute Gasteiger partial charge is 0.391 e. The highest BCUT2D eigenvalue weighted by molar-refractivity contribution is 5.89. The number of imidazole rings is 1. The van der Waals surface area contributed by atoms with Gasteiger partial charge in [-0.25, -0.2) is 14.3 Å². The first-order valence-electron chi connectivity index (χ1n) is 3.62. The van der Waals surface area contributed by atoms with E-state index in [0.29, 0.717) is 11.0 Å². The van der Waals surface area contributed by atoms with Gasteiger partial charge in [0.15, 0.2) is 0 Å². The van der Waals surface area contributed by atoms with Gasteiger partial charge in [0.25, 0.3) is 0 Å². The fraction of sp³-hybridized carbons (Fsp3) is 0. The average molecular weight is 175 g/mol. The molecule has 1 amide bonds. The van der Waals surface area contributed by atoms with E-state index in [1.807, 2.05) is 0 Å². The lowest BCUT2D eigenvalue weighted by Crippen LogP contribution is -2.02. The average Bonchev–Trinajstić information content (AvgIpc) is 2.60. The third-order valence-corrected chi connectivity index (χ3v) is 1.74. The van der Waals surface area contributed by atoms with Gasteiger partial charge >= 0.3 is 6.03 Å². The summed E-state index contributed by atoms with van der Waals surface area (Å²) in [6.45, 7) is 0. The van der Waals surface area contributed by atoms with Gasteiger partial charge < -0.3 is 0 Å². The smallest absolute Gasteiger partial charge is 0.246 e. The van der Waals surface area contributed by atoms with Crippen LogP contribution in [0.1, 0.15) is 0 Å². The number of nitrogens with zero attached hydrogens (tertiary/aromatic N) is 3. The molecule has 1 aromatic carbocycles. The molecule has 1 heterocycles. The highest BCUT2D eigenvalue weighted by atomic mass is 16.3. The van der Waals surface area contributed by atoms with E-state index < -0.39 is 6.03 Å². The summed E-state index contributed by atoms with van der Waals surface area (Å²) in [7, 11) is 0. The van der Waals surface area contributed by atoms with Crippen LogP contribution in [0.25, 0.3) is 11.0 Å². The highest BCUT2D eigenvalue weighted by Crippen LogP contribution is 2.11. The Morgan fingerprint density at radius 2 is 2.15 bits per heavy atom. The third kappa shape index (κ3) is 1.10. The number of para-hydroxylation sites is 2. The summed E-state index contributed by atoms with van der Waals surface area (Å²) in [5.41, 5.74) is 1.26. The Labute approximate surface area is 73.0 Å². The Morgan fingerprint density at radius 1 is 1.38 bits per heavy atom. The zero-order chi connectivity index (χ0) is 9.26. The van der Waals surface area contributed by atoms with Gasteiger partial charge in [0.2, 0.25) is 0 Å². The standard InChI is InChI=1S/C8H5N3O2/c12-8(10-13)11-5-9-6-3-1-2-4-7(6)11/h1-5H. The van der Waals surface area contributed by atoms with E-state index in [2.05, 4.69) is 10.2 Å². The predicted octanol–water partition coefficient (Wildman–Crippen LogP) is 1.77. The summed E-state index contributed by atoms with van der Waals surface area (Å²) < 4.78 is 1.11. The van der Waals surface area contributed by atoms with Gasteiger partial charge in [-0.15, -0.1) is 4.91 Å². The predicted molar refractivity (Wildman–Crippen MR) is 46.3 cm³/mol. The van der Waals surface area contributed by atoms with Crippen molar-refractivity contribution in [1.82, 2.24) is 9.55 Å². The highest BCUT2D eigenvalue weighted by Gasteiger charge is 2.08. The molecule has 0 atom stereocenters. The van der Waals surface area contributed by atoms with E-state index in [9.17, 15) is 9.70 Å². The van der Waals surface area contributed by atoms with Crippen LogP contribution >= 0.6 is 0 Å². The topological polar surface area (TPSA) is 64.3 Å². The third-order valence-electron chi connectivity index (χ3n) is 1.74. The minimum Gasteiger partial charge on any atom is -0.246 e. The summed E-state index contributed by atoms with van der Waals surface area (Å²) >= 11 is 0. The van der Waals surface area contributed by atoms with E-state index in [1.165, 1.54) is 6.33 Å². The molecule has 5 heteroatoms. The lowest BCUT2D eigenvalue weighted by Gasteiger charge is -1.92. The monoisotopic (exact) mass is 175 g/mol. The van der Waals surface area contributed by atoms with Crippen LogP contribution in [0, 0.1) is 4.91 Å². The van der Waals surface area contributed by atoms with Crippen LogP contribution in [0.15, 0.2) is 35.8 Å². The number of carbonyl (C=O) groups is 1. The maximum atomic E-state index is 10.9. The fourth-order valence-corrected chi connectivity index (χ4v) is 1.16. The molecule has 64 valence electrons. The Bertz CT molecular complexity index is 475. The van der Waals surface area contributed by atoms with Gasteiger partial charge in [-0.2, -0.15) is 0 Å². The molecule has 0 aliphatic heterocycles. The summed E-state index contributed by atoms with van der Waals surface area (Å²) in [5, 5.41) is 2.32. The number of benzene rings is 1. The first-order chi connectivity index (χ1) is 6.33. The molecule has 0 saturated carbocycles. The molecule has 0 fully saturated rings. The first kappa shape index (κ1) is 7.60. The Balaban J connectivity index is 2.71. The number of aromatic nitrogens is 2. The van der Waals surface area contributed by atoms with Crippen LogP contribution in [-0.2, 0) is 0 Å². The first-order valence-corrected chi connectivity index (χ1v) is 3.62. The second kappa shape index (κ2) is 2.78. The minimum absolute atomic E-state index is 0.590. The molecule has 0 aliphatic rings. The molecule has 2 rings (SSSR count). The Morgan fingerprint density at radius 3 is 2.92 bits per heavy atom. The van der Waals surface area contributed by atoms with Crippen molar-refractivity contribution in [3.63, 3.8) is 0 Å². The molecular formula is C8H5N3O2. The maximum Gasteiger partial charge on any atom is 0.391 e. The summed E-state index contributed by atoms with van der Waals surface area (Å²) in [4.78, 5) is 24.9. The number of rotatable bonds is 0. The van der Waals surface area contributed by atoms with Crippen LogP contribution in [-0.4, -0.2) is 15.6 Å². The van der Waals surface area contributed by atoms with Gasteiger partial charge in [0.05, 0.1) is 11.0 Å². The van der Waals surface area contributed by atoms with E-state index in [1.54, 1.807) is 24.3 Å². The van der Waals surface area contributed by atoms with Crippen LogP contribution < -0.4 is 0 Å². The van der Waals surface area contributed by atoms with Crippen LogP contribution in [0.3, 0.4) is 0 Å². The van der Waals surface area contributed by atoms with E-state index in [-0.39, 0.29) is 0 Å². The maximum absolute atomic E-state index is 10.9. The lowest BCUT2D eigenvalue weighted by atomic mass is 10.3. The van der Waals surface area contributed by atoms with Crippen molar-refractivity contribution in [2.45, 2.75) is 0 Å². The zero-order valence-corrected chi connectivity index (χ0v) is 6.54. The zero-order valence-electron chi connectivity index (χ0n) is 6.54. The molecule has 13 heavy (non-hydrogen) atoms. The second-order valence-corrected chi connectivity index (χ2v) is 2.48. The van der Waals surface area contributed by atoms with E-state index in [4.69, 9.17) is 0 Å². The summed E-state index contributed by atoms with van der Waals surface area (Å²) in [5.74, 6) is 0. The van der Waals surface area contributed by atoms with Gasteiger partial charge in [-0.3, -0.25) is 0 Å². The Hall–Kier alpha value is -2.04. The van der Waals surface area contributed by atoms with Gasteiger partial charge in [0.1, 0.15) is 6.33 Å². The van der Waals surface area contributed by atoms with Crippen molar-refractivity contribution >= 4 is 17.1 Å². The number of hydrogen-bond acceptors (Lipinski definition) is 3. The quantitative estimate of drug-likeness (QED) is 0.573. The molecule has 0 spiro atoms. The molecular weight excluding hydrogens is 170 g/mol. The second-order valence-electron chi connectivity index (χ2n) is 2.48. The molecule has 0 bridgehead atoms. The lowest BCUT2D eigenvalue weighted by molar-refractivity contribution is 0.251.